The van der Waals surface area contributed by atoms with E-state index in [9.17, 15) is 4.79 Å². The van der Waals surface area contributed by atoms with Gasteiger partial charge in [0, 0.05) is 12.0 Å². The van der Waals surface area contributed by atoms with E-state index in [-0.39, 0.29) is 5.78 Å². The lowest BCUT2D eigenvalue weighted by molar-refractivity contribution is 0.0993. The second kappa shape index (κ2) is 5.55. The SMILES string of the molecule is Cc1cccc(CC(=O)c2ccc(Cl)c(Cl)c2)c1. The first-order valence-corrected chi connectivity index (χ1v) is 6.35. The maximum Gasteiger partial charge on any atom is 0.167 e. The van der Waals surface area contributed by atoms with Gasteiger partial charge in [0.25, 0.3) is 0 Å². The van der Waals surface area contributed by atoms with Gasteiger partial charge in [0.15, 0.2) is 5.78 Å². The summed E-state index contributed by atoms with van der Waals surface area (Å²) < 4.78 is 0. The second-order valence-corrected chi connectivity index (χ2v) is 5.03. The van der Waals surface area contributed by atoms with Crippen LogP contribution in [0.2, 0.25) is 10.0 Å². The molecule has 3 heteroatoms. The van der Waals surface area contributed by atoms with Crippen LogP contribution in [0.5, 0.6) is 0 Å². The summed E-state index contributed by atoms with van der Waals surface area (Å²) in [7, 11) is 0. The summed E-state index contributed by atoms with van der Waals surface area (Å²) >= 11 is 11.7. The molecule has 2 rings (SSSR count). The molecule has 0 aliphatic carbocycles. The quantitative estimate of drug-likeness (QED) is 0.742. The molecule has 0 unspecified atom stereocenters. The van der Waals surface area contributed by atoms with Gasteiger partial charge < -0.3 is 0 Å². The first-order chi connectivity index (χ1) is 8.56. The minimum atomic E-state index is 0.0409. The summed E-state index contributed by atoms with van der Waals surface area (Å²) in [5.41, 5.74) is 2.74. The molecule has 0 aromatic heterocycles. The van der Waals surface area contributed by atoms with Crippen LogP contribution in [-0.2, 0) is 6.42 Å². The van der Waals surface area contributed by atoms with Crippen molar-refractivity contribution in [1.29, 1.82) is 0 Å². The number of Topliss-reactive ketones (excluding diaryl/α,β-unsaturated/α-hetero) is 1. The highest BCUT2D eigenvalue weighted by atomic mass is 35.5. The summed E-state index contributed by atoms with van der Waals surface area (Å²) in [4.78, 5) is 12.1. The van der Waals surface area contributed by atoms with Crippen molar-refractivity contribution in [1.82, 2.24) is 0 Å². The van der Waals surface area contributed by atoms with E-state index in [1.54, 1.807) is 18.2 Å². The zero-order valence-corrected chi connectivity index (χ0v) is 11.4. The lowest BCUT2D eigenvalue weighted by Crippen LogP contribution is -2.03. The molecule has 0 radical (unpaired) electrons. The van der Waals surface area contributed by atoms with Crippen molar-refractivity contribution in [3.05, 3.63) is 69.2 Å². The van der Waals surface area contributed by atoms with E-state index in [0.717, 1.165) is 11.1 Å². The van der Waals surface area contributed by atoms with Gasteiger partial charge in [0.2, 0.25) is 0 Å². The van der Waals surface area contributed by atoms with Crippen LogP contribution in [0.1, 0.15) is 21.5 Å². The van der Waals surface area contributed by atoms with Gasteiger partial charge >= 0.3 is 0 Å². The van der Waals surface area contributed by atoms with E-state index >= 15 is 0 Å². The first kappa shape index (κ1) is 13.1. The van der Waals surface area contributed by atoms with Crippen LogP contribution in [0.25, 0.3) is 0 Å². The summed E-state index contributed by atoms with van der Waals surface area (Å²) in [5, 5.41) is 0.871. The lowest BCUT2D eigenvalue weighted by Gasteiger charge is -2.04. The van der Waals surface area contributed by atoms with Crippen molar-refractivity contribution in [3.8, 4) is 0 Å². The Hall–Kier alpha value is -1.31. The van der Waals surface area contributed by atoms with Crippen LogP contribution in [0.3, 0.4) is 0 Å². The minimum Gasteiger partial charge on any atom is -0.294 e. The molecule has 0 aliphatic heterocycles. The molecule has 0 atom stereocenters. The topological polar surface area (TPSA) is 17.1 Å². The molecule has 0 fully saturated rings. The average molecular weight is 279 g/mol. The minimum absolute atomic E-state index is 0.0409. The number of hydrogen-bond acceptors (Lipinski definition) is 1. The molecule has 0 N–H and O–H groups in total. The highest BCUT2D eigenvalue weighted by Gasteiger charge is 2.09. The van der Waals surface area contributed by atoms with Crippen LogP contribution < -0.4 is 0 Å². The highest BCUT2D eigenvalue weighted by molar-refractivity contribution is 6.42. The summed E-state index contributed by atoms with van der Waals surface area (Å²) in [6, 6.07) is 12.9. The van der Waals surface area contributed by atoms with Crippen LogP contribution in [0.4, 0.5) is 0 Å². The van der Waals surface area contributed by atoms with Gasteiger partial charge in [-0.3, -0.25) is 4.79 Å². The van der Waals surface area contributed by atoms with Gasteiger partial charge in [-0.15, -0.1) is 0 Å². The fraction of sp³-hybridized carbons (Fsp3) is 0.133. The molecule has 0 saturated heterocycles. The van der Waals surface area contributed by atoms with Crippen molar-refractivity contribution in [3.63, 3.8) is 0 Å². The molecular formula is C15H12Cl2O. The van der Waals surface area contributed by atoms with Crippen LogP contribution in [-0.4, -0.2) is 5.78 Å². The molecule has 0 amide bonds. The van der Waals surface area contributed by atoms with Crippen molar-refractivity contribution >= 4 is 29.0 Å². The smallest absolute Gasteiger partial charge is 0.167 e. The molecule has 18 heavy (non-hydrogen) atoms. The molecule has 2 aromatic rings. The fourth-order valence-corrected chi connectivity index (χ4v) is 2.08. The molecule has 0 aliphatic rings. The summed E-state index contributed by atoms with van der Waals surface area (Å²) in [5.74, 6) is 0.0409. The van der Waals surface area contributed by atoms with Crippen LogP contribution >= 0.6 is 23.2 Å². The molecule has 0 saturated carbocycles. The Balaban J connectivity index is 2.19. The maximum absolute atomic E-state index is 12.1. The Morgan fingerprint density at radius 3 is 2.50 bits per heavy atom. The predicted molar refractivity (Wildman–Crippen MR) is 75.7 cm³/mol. The number of carbonyl (C=O) groups is 1. The monoisotopic (exact) mass is 278 g/mol. The van der Waals surface area contributed by atoms with Crippen LogP contribution in [0.15, 0.2) is 42.5 Å². The van der Waals surface area contributed by atoms with E-state index in [0.29, 0.717) is 22.0 Å². The van der Waals surface area contributed by atoms with E-state index in [4.69, 9.17) is 23.2 Å². The van der Waals surface area contributed by atoms with Gasteiger partial charge in [0.1, 0.15) is 0 Å². The third kappa shape index (κ3) is 3.12. The standard InChI is InChI=1S/C15H12Cl2O/c1-10-3-2-4-11(7-10)8-15(18)12-5-6-13(16)14(17)9-12/h2-7,9H,8H2,1H3. The fourth-order valence-electron chi connectivity index (χ4n) is 1.78. The largest absolute Gasteiger partial charge is 0.294 e. The summed E-state index contributed by atoms with van der Waals surface area (Å²) in [6.07, 6.45) is 0.375. The van der Waals surface area contributed by atoms with Crippen molar-refractivity contribution in [2.24, 2.45) is 0 Å². The zero-order chi connectivity index (χ0) is 13.1. The molecular weight excluding hydrogens is 267 g/mol. The molecule has 1 nitrogen and oxygen atoms in total. The van der Waals surface area contributed by atoms with Gasteiger partial charge in [-0.2, -0.15) is 0 Å². The number of benzene rings is 2. The molecule has 2 aromatic carbocycles. The van der Waals surface area contributed by atoms with Crippen LogP contribution in [0, 0.1) is 6.92 Å². The molecule has 0 heterocycles. The Labute approximate surface area is 116 Å². The number of rotatable bonds is 3. The van der Waals surface area contributed by atoms with Gasteiger partial charge in [-0.05, 0) is 30.7 Å². The summed E-state index contributed by atoms with van der Waals surface area (Å²) in [6.45, 7) is 2.01. The highest BCUT2D eigenvalue weighted by Crippen LogP contribution is 2.23. The van der Waals surface area contributed by atoms with Gasteiger partial charge in [-0.25, -0.2) is 0 Å². The lowest BCUT2D eigenvalue weighted by atomic mass is 10.0. The number of aryl methyl sites for hydroxylation is 1. The molecule has 92 valence electrons. The van der Waals surface area contributed by atoms with Crippen molar-refractivity contribution in [2.45, 2.75) is 13.3 Å². The Morgan fingerprint density at radius 1 is 1.06 bits per heavy atom. The second-order valence-electron chi connectivity index (χ2n) is 4.22. The Kier molecular flexibility index (Phi) is 4.05. The number of ketones is 1. The molecule has 0 spiro atoms. The first-order valence-electron chi connectivity index (χ1n) is 5.60. The Bertz CT molecular complexity index is 591. The maximum atomic E-state index is 12.1. The number of hydrogen-bond donors (Lipinski definition) is 0. The van der Waals surface area contributed by atoms with E-state index in [2.05, 4.69) is 0 Å². The van der Waals surface area contributed by atoms with Crippen molar-refractivity contribution in [2.75, 3.05) is 0 Å². The van der Waals surface area contributed by atoms with E-state index < -0.39 is 0 Å². The van der Waals surface area contributed by atoms with E-state index in [1.807, 2.05) is 31.2 Å². The molecule has 0 bridgehead atoms. The van der Waals surface area contributed by atoms with Gasteiger partial charge in [0.05, 0.1) is 10.0 Å². The predicted octanol–water partition coefficient (Wildman–Crippen LogP) is 4.73. The zero-order valence-electron chi connectivity index (χ0n) is 9.91. The van der Waals surface area contributed by atoms with E-state index in [1.165, 1.54) is 0 Å². The normalized spacial score (nSPS) is 10.4. The average Bonchev–Trinajstić information content (AvgIpc) is 2.32. The Morgan fingerprint density at radius 2 is 1.83 bits per heavy atom. The third-order valence-electron chi connectivity index (χ3n) is 2.69. The van der Waals surface area contributed by atoms with Crippen molar-refractivity contribution < 1.29 is 4.79 Å². The third-order valence-corrected chi connectivity index (χ3v) is 3.43. The number of halogens is 2. The number of carbonyl (C=O) groups excluding carboxylic acids is 1. The van der Waals surface area contributed by atoms with Gasteiger partial charge in [-0.1, -0.05) is 53.0 Å².